The van der Waals surface area contributed by atoms with Crippen molar-refractivity contribution in [2.24, 2.45) is 0 Å². The van der Waals surface area contributed by atoms with E-state index < -0.39 is 0 Å². The lowest BCUT2D eigenvalue weighted by molar-refractivity contribution is -0.121. The van der Waals surface area contributed by atoms with Crippen molar-refractivity contribution in [3.63, 3.8) is 0 Å². The van der Waals surface area contributed by atoms with Crippen LogP contribution in [-0.4, -0.2) is 16.0 Å². The summed E-state index contributed by atoms with van der Waals surface area (Å²) in [6.07, 6.45) is 0.759. The molecule has 2 heterocycles. The van der Waals surface area contributed by atoms with E-state index in [4.69, 9.17) is 4.52 Å². The van der Waals surface area contributed by atoms with Crippen LogP contribution < -0.4 is 5.32 Å². The number of carbonyl (C=O) groups excluding carboxylic acids is 1. The lowest BCUT2D eigenvalue weighted by Crippen LogP contribution is -2.26. The van der Waals surface area contributed by atoms with Gasteiger partial charge in [0.05, 0.1) is 10.9 Å². The molecule has 0 saturated carbocycles. The maximum Gasteiger partial charge on any atom is 0.227 e. The first kappa shape index (κ1) is 15.4. The van der Waals surface area contributed by atoms with Gasteiger partial charge in [0.1, 0.15) is 0 Å². The van der Waals surface area contributed by atoms with Gasteiger partial charge in [-0.25, -0.2) is 0 Å². The molecule has 3 rings (SSSR count). The fourth-order valence-electron chi connectivity index (χ4n) is 2.22. The van der Waals surface area contributed by atoms with Crippen LogP contribution in [0.2, 0.25) is 0 Å². The summed E-state index contributed by atoms with van der Waals surface area (Å²) in [7, 11) is 0. The molecule has 2 aromatic heterocycles. The molecule has 5 nitrogen and oxygen atoms in total. The van der Waals surface area contributed by atoms with Gasteiger partial charge in [0.15, 0.2) is 0 Å². The van der Waals surface area contributed by atoms with E-state index in [1.54, 1.807) is 11.3 Å². The molecular formula is C17H17N3O2S. The molecule has 0 aliphatic rings. The van der Waals surface area contributed by atoms with E-state index in [1.807, 2.05) is 54.8 Å². The minimum Gasteiger partial charge on any atom is -0.350 e. The molecule has 3 aromatic rings. The van der Waals surface area contributed by atoms with E-state index in [0.29, 0.717) is 24.6 Å². The quantitative estimate of drug-likeness (QED) is 0.751. The first-order valence-corrected chi connectivity index (χ1v) is 8.31. The smallest absolute Gasteiger partial charge is 0.227 e. The number of nitrogens with one attached hydrogen (secondary N) is 1. The second kappa shape index (κ2) is 7.19. The number of carbonyl (C=O) groups is 1. The number of nitrogens with zero attached hydrogens (tertiary/aromatic N) is 2. The summed E-state index contributed by atoms with van der Waals surface area (Å²) in [6.45, 7) is 1.97. The third-order valence-electron chi connectivity index (χ3n) is 3.45. The van der Waals surface area contributed by atoms with Crippen molar-refractivity contribution >= 4 is 17.2 Å². The molecule has 0 aliphatic carbocycles. The lowest BCUT2D eigenvalue weighted by atomic mass is 10.1. The van der Waals surface area contributed by atoms with Gasteiger partial charge in [0, 0.05) is 12.8 Å². The van der Waals surface area contributed by atoms with Gasteiger partial charge >= 0.3 is 0 Å². The van der Waals surface area contributed by atoms with Gasteiger partial charge in [0.25, 0.3) is 0 Å². The van der Waals surface area contributed by atoms with Crippen molar-refractivity contribution in [1.82, 2.24) is 15.5 Å². The first-order chi connectivity index (χ1) is 11.2. The SMILES string of the molecule is C[C@H](NC(=O)CCc1nc(-c2cccs2)no1)c1ccccc1. The number of aryl methyl sites for hydroxylation is 1. The van der Waals surface area contributed by atoms with Gasteiger partial charge in [0.2, 0.25) is 17.6 Å². The minimum atomic E-state index is -0.0303. The number of aromatic nitrogens is 2. The van der Waals surface area contributed by atoms with Crippen LogP contribution >= 0.6 is 11.3 Å². The number of amides is 1. The Morgan fingerprint density at radius 2 is 2.09 bits per heavy atom. The Balaban J connectivity index is 1.51. The zero-order chi connectivity index (χ0) is 16.1. The van der Waals surface area contributed by atoms with Crippen LogP contribution in [0, 0.1) is 0 Å². The molecule has 118 valence electrons. The highest BCUT2D eigenvalue weighted by Gasteiger charge is 2.13. The molecule has 1 amide bonds. The summed E-state index contributed by atoms with van der Waals surface area (Å²) in [5.41, 5.74) is 1.08. The first-order valence-electron chi connectivity index (χ1n) is 7.43. The van der Waals surface area contributed by atoms with Crippen molar-refractivity contribution in [2.75, 3.05) is 0 Å². The molecule has 1 atom stereocenters. The van der Waals surface area contributed by atoms with E-state index in [0.717, 1.165) is 10.4 Å². The molecule has 23 heavy (non-hydrogen) atoms. The number of hydrogen-bond acceptors (Lipinski definition) is 5. The van der Waals surface area contributed by atoms with Gasteiger partial charge < -0.3 is 9.84 Å². The Morgan fingerprint density at radius 3 is 2.83 bits per heavy atom. The number of rotatable bonds is 6. The highest BCUT2D eigenvalue weighted by atomic mass is 32.1. The Labute approximate surface area is 138 Å². The summed E-state index contributed by atoms with van der Waals surface area (Å²) < 4.78 is 5.19. The van der Waals surface area contributed by atoms with Crippen molar-refractivity contribution in [2.45, 2.75) is 25.8 Å². The second-order valence-corrected chi connectivity index (χ2v) is 6.14. The third-order valence-corrected chi connectivity index (χ3v) is 4.32. The molecule has 0 saturated heterocycles. The van der Waals surface area contributed by atoms with Crippen molar-refractivity contribution in [1.29, 1.82) is 0 Å². The monoisotopic (exact) mass is 327 g/mol. The molecule has 0 bridgehead atoms. The highest BCUT2D eigenvalue weighted by molar-refractivity contribution is 7.13. The van der Waals surface area contributed by atoms with E-state index in [9.17, 15) is 4.79 Å². The summed E-state index contributed by atoms with van der Waals surface area (Å²) in [6, 6.07) is 13.7. The maximum atomic E-state index is 12.0. The number of benzene rings is 1. The average molecular weight is 327 g/mol. The highest BCUT2D eigenvalue weighted by Crippen LogP contribution is 2.21. The van der Waals surface area contributed by atoms with Crippen molar-refractivity contribution in [3.05, 3.63) is 59.3 Å². The van der Waals surface area contributed by atoms with E-state index in [1.165, 1.54) is 0 Å². The molecular weight excluding hydrogens is 310 g/mol. The maximum absolute atomic E-state index is 12.0. The standard InChI is InChI=1S/C17H17N3O2S/c1-12(13-6-3-2-4-7-13)18-15(21)9-10-16-19-17(20-22-16)14-8-5-11-23-14/h2-8,11-12H,9-10H2,1H3,(H,18,21)/t12-/m0/s1. The summed E-state index contributed by atoms with van der Waals surface area (Å²) >= 11 is 1.56. The number of hydrogen-bond donors (Lipinski definition) is 1. The molecule has 0 fully saturated rings. The van der Waals surface area contributed by atoms with Gasteiger partial charge in [-0.1, -0.05) is 41.6 Å². The molecule has 0 radical (unpaired) electrons. The Morgan fingerprint density at radius 1 is 1.26 bits per heavy atom. The lowest BCUT2D eigenvalue weighted by Gasteiger charge is -2.13. The predicted molar refractivity (Wildman–Crippen MR) is 88.9 cm³/mol. The summed E-state index contributed by atoms with van der Waals surface area (Å²) in [5.74, 6) is 1.03. The molecule has 0 aliphatic heterocycles. The van der Waals surface area contributed by atoms with Crippen LogP contribution in [0.3, 0.4) is 0 Å². The fraction of sp³-hybridized carbons (Fsp3) is 0.235. The molecule has 6 heteroatoms. The molecule has 0 spiro atoms. The topological polar surface area (TPSA) is 68.0 Å². The minimum absolute atomic E-state index is 0.0203. The van der Waals surface area contributed by atoms with E-state index in [-0.39, 0.29) is 11.9 Å². The summed E-state index contributed by atoms with van der Waals surface area (Å²) in [5, 5.41) is 8.87. The van der Waals surface area contributed by atoms with E-state index in [2.05, 4.69) is 15.5 Å². The molecule has 1 N–H and O–H groups in total. The third kappa shape index (κ3) is 4.04. The second-order valence-electron chi connectivity index (χ2n) is 5.19. The van der Waals surface area contributed by atoms with Gasteiger partial charge in [-0.15, -0.1) is 11.3 Å². The predicted octanol–water partition coefficient (Wildman–Crippen LogP) is 3.61. The van der Waals surface area contributed by atoms with Crippen LogP contribution in [-0.2, 0) is 11.2 Å². The van der Waals surface area contributed by atoms with Crippen LogP contribution in [0.4, 0.5) is 0 Å². The van der Waals surface area contributed by atoms with Crippen LogP contribution in [0.5, 0.6) is 0 Å². The Kier molecular flexibility index (Phi) is 4.83. The average Bonchev–Trinajstić information content (AvgIpc) is 3.25. The largest absolute Gasteiger partial charge is 0.350 e. The van der Waals surface area contributed by atoms with E-state index >= 15 is 0 Å². The Bertz CT molecular complexity index is 753. The van der Waals surface area contributed by atoms with Crippen LogP contribution in [0.1, 0.15) is 30.8 Å². The summed E-state index contributed by atoms with van der Waals surface area (Å²) in [4.78, 5) is 17.3. The van der Waals surface area contributed by atoms with Crippen molar-refractivity contribution < 1.29 is 9.32 Å². The molecule has 1 aromatic carbocycles. The zero-order valence-electron chi connectivity index (χ0n) is 12.7. The number of thiophene rings is 1. The zero-order valence-corrected chi connectivity index (χ0v) is 13.5. The Hall–Kier alpha value is -2.47. The van der Waals surface area contributed by atoms with Gasteiger partial charge in [-0.3, -0.25) is 4.79 Å². The van der Waals surface area contributed by atoms with Crippen LogP contribution in [0.15, 0.2) is 52.4 Å². The van der Waals surface area contributed by atoms with Crippen molar-refractivity contribution in [3.8, 4) is 10.7 Å². The normalized spacial score (nSPS) is 12.0. The van der Waals surface area contributed by atoms with Gasteiger partial charge in [-0.05, 0) is 23.9 Å². The fourth-order valence-corrected chi connectivity index (χ4v) is 2.87. The van der Waals surface area contributed by atoms with Gasteiger partial charge in [-0.2, -0.15) is 4.98 Å². The molecule has 0 unspecified atom stereocenters. The van der Waals surface area contributed by atoms with Crippen LogP contribution in [0.25, 0.3) is 10.7 Å².